The number of carbonyl (C=O) groups is 2. The van der Waals surface area contributed by atoms with E-state index in [0.29, 0.717) is 11.5 Å². The molecule has 0 saturated carbocycles. The van der Waals surface area contributed by atoms with Crippen molar-refractivity contribution in [1.82, 2.24) is 14.7 Å². The molecular weight excluding hydrogens is 494 g/mol. The standard InChI is InChI=1S/C26H32BrN5O2/c1-17(2)31(25(34)28-21-10-8-7-9-20(21)27)16-24(33)29-23-15-22(26(4,5)6)30-32(23)19-13-11-18(3)12-14-19/h7-15,17H,16H2,1-6H3,(H,28,34)(H,29,33). The SMILES string of the molecule is Cc1ccc(-n2nc(C(C)(C)C)cc2NC(=O)CN(C(=O)Nc2ccccc2Br)C(C)C)cc1. The maximum Gasteiger partial charge on any atom is 0.322 e. The molecule has 3 rings (SSSR count). The number of halogens is 1. The average molecular weight is 526 g/mol. The molecule has 34 heavy (non-hydrogen) atoms. The molecule has 0 saturated heterocycles. The van der Waals surface area contributed by atoms with Crippen molar-refractivity contribution in [3.05, 3.63) is 70.3 Å². The lowest BCUT2D eigenvalue weighted by atomic mass is 9.92. The third-order valence-electron chi connectivity index (χ3n) is 5.34. The first kappa shape index (κ1) is 25.5. The minimum absolute atomic E-state index is 0.0993. The summed E-state index contributed by atoms with van der Waals surface area (Å²) in [5, 5.41) is 10.6. The van der Waals surface area contributed by atoms with Crippen molar-refractivity contribution < 1.29 is 9.59 Å². The fraction of sp³-hybridized carbons (Fsp3) is 0.346. The third-order valence-corrected chi connectivity index (χ3v) is 6.03. The van der Waals surface area contributed by atoms with Gasteiger partial charge in [0.05, 0.1) is 17.1 Å². The van der Waals surface area contributed by atoms with Crippen LogP contribution in [0, 0.1) is 6.92 Å². The molecule has 3 aromatic rings. The second-order valence-electron chi connectivity index (χ2n) is 9.59. The van der Waals surface area contributed by atoms with E-state index in [1.807, 2.05) is 69.3 Å². The number of urea groups is 1. The van der Waals surface area contributed by atoms with Crippen LogP contribution >= 0.6 is 15.9 Å². The number of aromatic nitrogens is 2. The van der Waals surface area contributed by atoms with E-state index >= 15 is 0 Å². The van der Waals surface area contributed by atoms with Gasteiger partial charge in [0.25, 0.3) is 0 Å². The largest absolute Gasteiger partial charge is 0.322 e. The van der Waals surface area contributed by atoms with Crippen LogP contribution in [0.3, 0.4) is 0 Å². The maximum atomic E-state index is 13.1. The Kier molecular flexibility index (Phi) is 7.82. The van der Waals surface area contributed by atoms with Crippen molar-refractivity contribution in [1.29, 1.82) is 0 Å². The Morgan fingerprint density at radius 1 is 1.06 bits per heavy atom. The predicted octanol–water partition coefficient (Wildman–Crippen LogP) is 6.12. The van der Waals surface area contributed by atoms with E-state index in [-0.39, 0.29) is 29.9 Å². The molecule has 0 atom stereocenters. The second kappa shape index (κ2) is 10.4. The zero-order valence-corrected chi connectivity index (χ0v) is 22.1. The smallest absolute Gasteiger partial charge is 0.313 e. The number of amides is 3. The molecule has 2 N–H and O–H groups in total. The highest BCUT2D eigenvalue weighted by atomic mass is 79.9. The van der Waals surface area contributed by atoms with Gasteiger partial charge in [0.15, 0.2) is 0 Å². The molecule has 0 unspecified atom stereocenters. The molecule has 1 heterocycles. The van der Waals surface area contributed by atoms with Crippen molar-refractivity contribution in [3.63, 3.8) is 0 Å². The Bertz CT molecular complexity index is 1160. The lowest BCUT2D eigenvalue weighted by molar-refractivity contribution is -0.117. The Labute approximate surface area is 209 Å². The summed E-state index contributed by atoms with van der Waals surface area (Å²) in [5.74, 6) is 0.262. The lowest BCUT2D eigenvalue weighted by Crippen LogP contribution is -2.44. The summed E-state index contributed by atoms with van der Waals surface area (Å²) in [7, 11) is 0. The van der Waals surface area contributed by atoms with Gasteiger partial charge in [-0.2, -0.15) is 5.10 Å². The fourth-order valence-electron chi connectivity index (χ4n) is 3.30. The van der Waals surface area contributed by atoms with Gasteiger partial charge in [-0.25, -0.2) is 9.48 Å². The zero-order chi connectivity index (χ0) is 25.0. The number of rotatable bonds is 6. The van der Waals surface area contributed by atoms with Crippen LogP contribution in [-0.2, 0) is 10.2 Å². The van der Waals surface area contributed by atoms with Crippen molar-refractivity contribution in [2.45, 2.75) is 53.0 Å². The van der Waals surface area contributed by atoms with E-state index in [1.165, 1.54) is 4.90 Å². The maximum absolute atomic E-state index is 13.1. The van der Waals surface area contributed by atoms with Gasteiger partial charge in [-0.3, -0.25) is 4.79 Å². The number of benzene rings is 2. The average Bonchev–Trinajstić information content (AvgIpc) is 3.18. The molecule has 3 amide bonds. The summed E-state index contributed by atoms with van der Waals surface area (Å²) < 4.78 is 2.51. The summed E-state index contributed by atoms with van der Waals surface area (Å²) >= 11 is 3.44. The van der Waals surface area contributed by atoms with Crippen LogP contribution in [0.25, 0.3) is 5.69 Å². The van der Waals surface area contributed by atoms with Gasteiger partial charge >= 0.3 is 6.03 Å². The van der Waals surface area contributed by atoms with Gasteiger partial charge in [-0.15, -0.1) is 0 Å². The van der Waals surface area contributed by atoms with Crippen molar-refractivity contribution >= 4 is 39.4 Å². The molecule has 0 radical (unpaired) electrons. The van der Waals surface area contributed by atoms with E-state index in [2.05, 4.69) is 47.3 Å². The summed E-state index contributed by atoms with van der Waals surface area (Å²) in [6, 6.07) is 16.7. The third kappa shape index (κ3) is 6.26. The van der Waals surface area contributed by atoms with Crippen LogP contribution in [0.4, 0.5) is 16.3 Å². The van der Waals surface area contributed by atoms with Crippen LogP contribution in [0.1, 0.15) is 45.9 Å². The van der Waals surface area contributed by atoms with Gasteiger partial charge in [-0.1, -0.05) is 50.6 Å². The molecule has 8 heteroatoms. The highest BCUT2D eigenvalue weighted by Gasteiger charge is 2.24. The number of anilines is 2. The topological polar surface area (TPSA) is 79.3 Å². The minimum Gasteiger partial charge on any atom is -0.313 e. The van der Waals surface area contributed by atoms with Crippen LogP contribution < -0.4 is 10.6 Å². The number of hydrogen-bond donors (Lipinski definition) is 2. The fourth-order valence-corrected chi connectivity index (χ4v) is 3.68. The Balaban J connectivity index is 1.81. The summed E-state index contributed by atoms with van der Waals surface area (Å²) in [6.45, 7) is 11.9. The number of aryl methyl sites for hydroxylation is 1. The van der Waals surface area contributed by atoms with Crippen molar-refractivity contribution in [3.8, 4) is 5.69 Å². The lowest BCUT2D eigenvalue weighted by Gasteiger charge is -2.26. The van der Waals surface area contributed by atoms with Gasteiger partial charge in [0.1, 0.15) is 12.4 Å². The molecule has 0 aliphatic carbocycles. The number of nitrogens with zero attached hydrogens (tertiary/aromatic N) is 3. The van der Waals surface area contributed by atoms with Gasteiger partial charge < -0.3 is 15.5 Å². The number of nitrogens with one attached hydrogen (secondary N) is 2. The summed E-state index contributed by atoms with van der Waals surface area (Å²) in [5.41, 5.74) is 3.30. The molecule has 7 nitrogen and oxygen atoms in total. The van der Waals surface area contributed by atoms with Crippen molar-refractivity contribution in [2.24, 2.45) is 0 Å². The first-order valence-corrected chi connectivity index (χ1v) is 12.0. The van der Waals surface area contributed by atoms with Crippen LogP contribution in [0.2, 0.25) is 0 Å². The van der Waals surface area contributed by atoms with Crippen LogP contribution in [-0.4, -0.2) is 39.2 Å². The van der Waals surface area contributed by atoms with Crippen LogP contribution in [0.15, 0.2) is 59.1 Å². The molecule has 0 spiro atoms. The molecule has 2 aromatic carbocycles. The number of carbonyl (C=O) groups excluding carboxylic acids is 2. The quantitative estimate of drug-likeness (QED) is 0.406. The number of hydrogen-bond acceptors (Lipinski definition) is 3. The zero-order valence-electron chi connectivity index (χ0n) is 20.5. The molecule has 0 aliphatic heterocycles. The van der Waals surface area contributed by atoms with E-state index in [4.69, 9.17) is 5.10 Å². The van der Waals surface area contributed by atoms with Crippen molar-refractivity contribution in [2.75, 3.05) is 17.2 Å². The predicted molar refractivity (Wildman–Crippen MR) is 141 cm³/mol. The van der Waals surface area contributed by atoms with E-state index in [0.717, 1.165) is 21.4 Å². The Morgan fingerprint density at radius 2 is 1.71 bits per heavy atom. The monoisotopic (exact) mass is 525 g/mol. The second-order valence-corrected chi connectivity index (χ2v) is 10.4. The van der Waals surface area contributed by atoms with E-state index in [1.54, 1.807) is 10.7 Å². The Hall–Kier alpha value is -3.13. The molecule has 0 bridgehead atoms. The van der Waals surface area contributed by atoms with E-state index in [9.17, 15) is 9.59 Å². The van der Waals surface area contributed by atoms with E-state index < -0.39 is 0 Å². The highest BCUT2D eigenvalue weighted by molar-refractivity contribution is 9.10. The first-order chi connectivity index (χ1) is 16.0. The molecule has 0 fully saturated rings. The molecule has 180 valence electrons. The van der Waals surface area contributed by atoms with Crippen LogP contribution in [0.5, 0.6) is 0 Å². The summed E-state index contributed by atoms with van der Waals surface area (Å²) in [4.78, 5) is 27.5. The highest BCUT2D eigenvalue weighted by Crippen LogP contribution is 2.27. The van der Waals surface area contributed by atoms with Gasteiger partial charge in [0, 0.05) is 22.0 Å². The minimum atomic E-state index is -0.348. The normalized spacial score (nSPS) is 11.4. The molecular formula is C26H32BrN5O2. The Morgan fingerprint density at radius 3 is 2.29 bits per heavy atom. The first-order valence-electron chi connectivity index (χ1n) is 11.3. The number of para-hydroxylation sites is 1. The van der Waals surface area contributed by atoms with Gasteiger partial charge in [0.2, 0.25) is 5.91 Å². The molecule has 0 aliphatic rings. The summed E-state index contributed by atoms with van der Waals surface area (Å²) in [6.07, 6.45) is 0. The molecule has 1 aromatic heterocycles. The van der Waals surface area contributed by atoms with Gasteiger partial charge in [-0.05, 0) is 61.0 Å².